The van der Waals surface area contributed by atoms with E-state index in [4.69, 9.17) is 4.42 Å². The average molecular weight is 276 g/mol. The third-order valence-corrected chi connectivity index (χ3v) is 4.71. The molecular formula is C14H16N2O2S. The predicted molar refractivity (Wildman–Crippen MR) is 74.9 cm³/mol. The maximum absolute atomic E-state index is 11.8. The van der Waals surface area contributed by atoms with Crippen LogP contribution in [0.4, 0.5) is 5.13 Å². The lowest BCUT2D eigenvalue weighted by Crippen LogP contribution is -2.16. The smallest absolute Gasteiger partial charge is 0.186 e. The molecule has 3 rings (SSSR count). The van der Waals surface area contributed by atoms with Gasteiger partial charge in [0.2, 0.25) is 0 Å². The van der Waals surface area contributed by atoms with Crippen LogP contribution in [0.1, 0.15) is 39.5 Å². The summed E-state index contributed by atoms with van der Waals surface area (Å²) in [6, 6.07) is 1.98. The molecule has 2 aromatic rings. The molecule has 0 saturated heterocycles. The molecule has 4 nitrogen and oxygen atoms in total. The molecule has 5 heteroatoms. The Hall–Kier alpha value is -1.62. The van der Waals surface area contributed by atoms with Gasteiger partial charge in [-0.2, -0.15) is 0 Å². The highest BCUT2D eigenvalue weighted by atomic mass is 32.1. The molecule has 1 aliphatic carbocycles. The summed E-state index contributed by atoms with van der Waals surface area (Å²) < 4.78 is 5.30. The summed E-state index contributed by atoms with van der Waals surface area (Å²) in [5.74, 6) is 1.18. The van der Waals surface area contributed by atoms with Gasteiger partial charge in [-0.25, -0.2) is 4.98 Å². The zero-order chi connectivity index (χ0) is 13.4. The highest BCUT2D eigenvalue weighted by Gasteiger charge is 2.23. The van der Waals surface area contributed by atoms with E-state index in [1.54, 1.807) is 6.26 Å². The number of anilines is 1. The highest BCUT2D eigenvalue weighted by molar-refractivity contribution is 7.17. The van der Waals surface area contributed by atoms with Gasteiger partial charge in [0.05, 0.1) is 16.8 Å². The van der Waals surface area contributed by atoms with Gasteiger partial charge in [-0.1, -0.05) is 11.3 Å². The van der Waals surface area contributed by atoms with Crippen LogP contribution in [0.5, 0.6) is 0 Å². The summed E-state index contributed by atoms with van der Waals surface area (Å²) in [4.78, 5) is 19.4. The summed E-state index contributed by atoms with van der Waals surface area (Å²) in [5.41, 5.74) is 2.13. The third kappa shape index (κ3) is 2.30. The summed E-state index contributed by atoms with van der Waals surface area (Å²) in [7, 11) is 2.00. The molecule has 0 bridgehead atoms. The molecule has 2 heterocycles. The standard InChI is InChI=1S/C14H16N2O2S/c1-9-10(6-7-18-9)8-16(2)14-15-11-4-3-5-12(17)13(11)19-14/h6-7H,3-5,8H2,1-2H3. The number of nitrogens with zero attached hydrogens (tertiary/aromatic N) is 2. The van der Waals surface area contributed by atoms with Crippen molar-refractivity contribution in [3.8, 4) is 0 Å². The SMILES string of the molecule is Cc1occc1CN(C)c1nc2c(s1)C(=O)CCC2. The van der Waals surface area contributed by atoms with Crippen molar-refractivity contribution in [1.82, 2.24) is 4.98 Å². The number of hydrogen-bond acceptors (Lipinski definition) is 5. The second kappa shape index (κ2) is 4.81. The minimum Gasteiger partial charge on any atom is -0.469 e. The fourth-order valence-electron chi connectivity index (χ4n) is 2.32. The number of aromatic nitrogens is 1. The molecule has 100 valence electrons. The van der Waals surface area contributed by atoms with E-state index in [-0.39, 0.29) is 5.78 Å². The first-order valence-electron chi connectivity index (χ1n) is 6.42. The first kappa shape index (κ1) is 12.4. The molecule has 0 aliphatic heterocycles. The fraction of sp³-hybridized carbons (Fsp3) is 0.429. The Morgan fingerprint density at radius 1 is 1.47 bits per heavy atom. The van der Waals surface area contributed by atoms with Gasteiger partial charge in [0.15, 0.2) is 10.9 Å². The van der Waals surface area contributed by atoms with Crippen molar-refractivity contribution < 1.29 is 9.21 Å². The lowest BCUT2D eigenvalue weighted by Gasteiger charge is -2.14. The molecule has 0 atom stereocenters. The van der Waals surface area contributed by atoms with E-state index in [1.807, 2.05) is 20.0 Å². The van der Waals surface area contributed by atoms with Gasteiger partial charge >= 0.3 is 0 Å². The van der Waals surface area contributed by atoms with Crippen molar-refractivity contribution in [2.45, 2.75) is 32.7 Å². The molecule has 0 aromatic carbocycles. The summed E-state index contributed by atoms with van der Waals surface area (Å²) in [6.45, 7) is 2.71. The highest BCUT2D eigenvalue weighted by Crippen LogP contribution is 2.32. The lowest BCUT2D eigenvalue weighted by molar-refractivity contribution is 0.0976. The second-order valence-electron chi connectivity index (χ2n) is 4.91. The molecule has 0 amide bonds. The topological polar surface area (TPSA) is 46.3 Å². The second-order valence-corrected chi connectivity index (χ2v) is 5.88. The number of carbonyl (C=O) groups is 1. The van der Waals surface area contributed by atoms with Crippen LogP contribution in [-0.2, 0) is 13.0 Å². The first-order chi connectivity index (χ1) is 9.15. The lowest BCUT2D eigenvalue weighted by atomic mass is 10.0. The molecule has 0 N–H and O–H groups in total. The van der Waals surface area contributed by atoms with Crippen LogP contribution >= 0.6 is 11.3 Å². The Kier molecular flexibility index (Phi) is 3.14. The van der Waals surface area contributed by atoms with Gasteiger partial charge < -0.3 is 9.32 Å². The summed E-state index contributed by atoms with van der Waals surface area (Å²) >= 11 is 1.51. The molecule has 0 saturated carbocycles. The van der Waals surface area contributed by atoms with Gasteiger partial charge in [-0.15, -0.1) is 0 Å². The van der Waals surface area contributed by atoms with Gasteiger partial charge in [0.25, 0.3) is 0 Å². The number of fused-ring (bicyclic) bond motifs is 1. The van der Waals surface area contributed by atoms with E-state index in [2.05, 4.69) is 9.88 Å². The molecule has 1 aliphatic rings. The van der Waals surface area contributed by atoms with E-state index in [9.17, 15) is 4.79 Å². The van der Waals surface area contributed by atoms with E-state index in [0.29, 0.717) is 6.42 Å². The maximum atomic E-state index is 11.8. The van der Waals surface area contributed by atoms with Crippen LogP contribution in [0.15, 0.2) is 16.7 Å². The van der Waals surface area contributed by atoms with E-state index >= 15 is 0 Å². The van der Waals surface area contributed by atoms with E-state index in [0.717, 1.165) is 46.4 Å². The Labute approximate surface area is 116 Å². The molecule has 0 unspecified atom stereocenters. The number of hydrogen-bond donors (Lipinski definition) is 0. The predicted octanol–water partition coefficient (Wildman–Crippen LogP) is 3.20. The van der Waals surface area contributed by atoms with Crippen molar-refractivity contribution >= 4 is 22.3 Å². The minimum atomic E-state index is 0.248. The van der Waals surface area contributed by atoms with Crippen LogP contribution in [0.25, 0.3) is 0 Å². The van der Waals surface area contributed by atoms with E-state index in [1.165, 1.54) is 11.3 Å². The van der Waals surface area contributed by atoms with Crippen LogP contribution in [0.3, 0.4) is 0 Å². The quantitative estimate of drug-likeness (QED) is 0.863. The number of aryl methyl sites for hydroxylation is 2. The monoisotopic (exact) mass is 276 g/mol. The van der Waals surface area contributed by atoms with Gasteiger partial charge in [0.1, 0.15) is 5.76 Å². The van der Waals surface area contributed by atoms with E-state index < -0.39 is 0 Å². The Bertz CT molecular complexity index is 615. The molecule has 19 heavy (non-hydrogen) atoms. The van der Waals surface area contributed by atoms with Crippen LogP contribution in [0, 0.1) is 6.92 Å². The number of thiazole rings is 1. The molecule has 0 spiro atoms. The molecule has 0 fully saturated rings. The molecular weight excluding hydrogens is 260 g/mol. The van der Waals surface area contributed by atoms with Gasteiger partial charge in [-0.3, -0.25) is 4.79 Å². The van der Waals surface area contributed by atoms with Crippen LogP contribution in [-0.4, -0.2) is 17.8 Å². The number of furan rings is 1. The third-order valence-electron chi connectivity index (χ3n) is 3.46. The molecule has 0 radical (unpaired) electrons. The Balaban J connectivity index is 1.82. The van der Waals surface area contributed by atoms with Crippen LogP contribution < -0.4 is 4.90 Å². The normalized spacial score (nSPS) is 14.5. The largest absolute Gasteiger partial charge is 0.469 e. The number of Topliss-reactive ketones (excluding diaryl/α,β-unsaturated/α-hetero) is 1. The number of ketones is 1. The van der Waals surface area contributed by atoms with Gasteiger partial charge in [-0.05, 0) is 25.8 Å². The summed E-state index contributed by atoms with van der Waals surface area (Å²) in [6.07, 6.45) is 4.23. The van der Waals surface area contributed by atoms with Crippen molar-refractivity contribution in [3.05, 3.63) is 34.2 Å². The zero-order valence-corrected chi connectivity index (χ0v) is 11.9. The minimum absolute atomic E-state index is 0.248. The van der Waals surface area contributed by atoms with Crippen molar-refractivity contribution in [2.24, 2.45) is 0 Å². The van der Waals surface area contributed by atoms with Crippen LogP contribution in [0.2, 0.25) is 0 Å². The first-order valence-corrected chi connectivity index (χ1v) is 7.24. The van der Waals surface area contributed by atoms with Crippen molar-refractivity contribution in [2.75, 3.05) is 11.9 Å². The Morgan fingerprint density at radius 2 is 2.32 bits per heavy atom. The van der Waals surface area contributed by atoms with Gasteiger partial charge in [0, 0.05) is 25.6 Å². The summed E-state index contributed by atoms with van der Waals surface area (Å²) in [5, 5.41) is 0.917. The zero-order valence-electron chi connectivity index (χ0n) is 11.1. The fourth-order valence-corrected chi connectivity index (χ4v) is 3.36. The average Bonchev–Trinajstić information content (AvgIpc) is 2.97. The number of rotatable bonds is 3. The van der Waals surface area contributed by atoms with Crippen molar-refractivity contribution in [3.63, 3.8) is 0 Å². The number of carbonyl (C=O) groups excluding carboxylic acids is 1. The molecule has 2 aromatic heterocycles. The van der Waals surface area contributed by atoms with Crippen molar-refractivity contribution in [1.29, 1.82) is 0 Å². The Morgan fingerprint density at radius 3 is 3.00 bits per heavy atom. The maximum Gasteiger partial charge on any atom is 0.186 e.